The van der Waals surface area contributed by atoms with Crippen molar-refractivity contribution in [1.82, 2.24) is 10.2 Å². The van der Waals surface area contributed by atoms with Crippen LogP contribution in [0, 0.1) is 6.92 Å². The SMILES string of the molecule is COc1c(C)c2c(c(O)c1CC=C(C)CCCOC(=O)NCCN1C(=O)C=CC1=O)C(=O)OC2. The Morgan fingerprint density at radius 1 is 1.26 bits per heavy atom. The third kappa shape index (κ3) is 5.38. The number of carbonyl (C=O) groups excluding carboxylic acids is 4. The minimum atomic E-state index is -0.621. The number of hydrogen-bond donors (Lipinski definition) is 2. The summed E-state index contributed by atoms with van der Waals surface area (Å²) in [5.74, 6) is -0.915. The first-order valence-electron chi connectivity index (χ1n) is 10.9. The lowest BCUT2D eigenvalue weighted by Gasteiger charge is -2.15. The van der Waals surface area contributed by atoms with E-state index in [4.69, 9.17) is 14.2 Å². The highest BCUT2D eigenvalue weighted by molar-refractivity contribution is 6.12. The molecule has 2 aliphatic heterocycles. The van der Waals surface area contributed by atoms with Crippen LogP contribution in [0.15, 0.2) is 23.8 Å². The minimum absolute atomic E-state index is 0.0812. The van der Waals surface area contributed by atoms with E-state index in [-0.39, 0.29) is 37.6 Å². The first kappa shape index (κ1) is 24.8. The van der Waals surface area contributed by atoms with Crippen LogP contribution in [0.25, 0.3) is 0 Å². The maximum absolute atomic E-state index is 12.0. The smallest absolute Gasteiger partial charge is 0.407 e. The first-order chi connectivity index (χ1) is 16.2. The summed E-state index contributed by atoms with van der Waals surface area (Å²) >= 11 is 0. The molecule has 0 atom stereocenters. The molecule has 0 aromatic heterocycles. The Morgan fingerprint density at radius 3 is 2.65 bits per heavy atom. The molecule has 0 radical (unpaired) electrons. The number of esters is 1. The van der Waals surface area contributed by atoms with E-state index in [9.17, 15) is 24.3 Å². The Balaban J connectivity index is 1.44. The zero-order valence-electron chi connectivity index (χ0n) is 19.4. The van der Waals surface area contributed by atoms with Gasteiger partial charge in [-0.05, 0) is 38.7 Å². The predicted molar refractivity (Wildman–Crippen MR) is 120 cm³/mol. The quantitative estimate of drug-likeness (QED) is 0.230. The maximum atomic E-state index is 12.0. The molecular weight excluding hydrogens is 444 g/mol. The summed E-state index contributed by atoms with van der Waals surface area (Å²) in [4.78, 5) is 47.7. The van der Waals surface area contributed by atoms with Crippen LogP contribution in [0.2, 0.25) is 0 Å². The van der Waals surface area contributed by atoms with Crippen molar-refractivity contribution in [2.75, 3.05) is 26.8 Å². The molecule has 3 rings (SSSR count). The second kappa shape index (κ2) is 10.9. The van der Waals surface area contributed by atoms with Gasteiger partial charge in [-0.25, -0.2) is 9.59 Å². The number of rotatable bonds is 10. The van der Waals surface area contributed by atoms with Crippen LogP contribution in [-0.4, -0.2) is 60.7 Å². The average molecular weight is 472 g/mol. The number of carbonyl (C=O) groups is 4. The number of aromatic hydroxyl groups is 1. The van der Waals surface area contributed by atoms with Gasteiger partial charge in [0.05, 0.1) is 13.7 Å². The Kier molecular flexibility index (Phi) is 7.93. The van der Waals surface area contributed by atoms with E-state index in [0.717, 1.165) is 16.0 Å². The number of allylic oxidation sites excluding steroid dienone is 2. The largest absolute Gasteiger partial charge is 0.507 e. The summed E-state index contributed by atoms with van der Waals surface area (Å²) in [5, 5.41) is 13.2. The number of methoxy groups -OCH3 is 1. The summed E-state index contributed by atoms with van der Waals surface area (Å²) in [6, 6.07) is 0. The number of hydrogen-bond acceptors (Lipinski definition) is 8. The highest BCUT2D eigenvalue weighted by Crippen LogP contribution is 2.42. The number of cyclic esters (lactones) is 1. The molecule has 1 aromatic carbocycles. The van der Waals surface area contributed by atoms with Crippen LogP contribution < -0.4 is 10.1 Å². The number of nitrogens with zero attached hydrogens (tertiary/aromatic N) is 1. The topological polar surface area (TPSA) is 131 Å². The summed E-state index contributed by atoms with van der Waals surface area (Å²) in [6.45, 7) is 4.26. The second-order valence-corrected chi connectivity index (χ2v) is 8.00. The molecule has 3 amide bonds. The van der Waals surface area contributed by atoms with Gasteiger partial charge in [0.1, 0.15) is 23.7 Å². The van der Waals surface area contributed by atoms with Gasteiger partial charge >= 0.3 is 12.1 Å². The number of fused-ring (bicyclic) bond motifs is 1. The van der Waals surface area contributed by atoms with Gasteiger partial charge in [0, 0.05) is 36.4 Å². The van der Waals surface area contributed by atoms with E-state index in [2.05, 4.69) is 5.32 Å². The van der Waals surface area contributed by atoms with Gasteiger partial charge in [-0.3, -0.25) is 14.5 Å². The van der Waals surface area contributed by atoms with Crippen molar-refractivity contribution in [2.45, 2.75) is 39.7 Å². The van der Waals surface area contributed by atoms with E-state index < -0.39 is 23.9 Å². The zero-order chi connectivity index (χ0) is 24.8. The van der Waals surface area contributed by atoms with Gasteiger partial charge < -0.3 is 24.6 Å². The first-order valence-corrected chi connectivity index (χ1v) is 10.9. The van der Waals surface area contributed by atoms with Gasteiger partial charge in [-0.1, -0.05) is 11.6 Å². The Hall–Kier alpha value is -3.82. The van der Waals surface area contributed by atoms with Crippen molar-refractivity contribution in [2.24, 2.45) is 0 Å². The van der Waals surface area contributed by atoms with E-state index in [1.165, 1.54) is 19.3 Å². The lowest BCUT2D eigenvalue weighted by molar-refractivity contribution is -0.136. The fourth-order valence-electron chi connectivity index (χ4n) is 3.89. The van der Waals surface area contributed by atoms with Crippen molar-refractivity contribution in [1.29, 1.82) is 0 Å². The molecule has 34 heavy (non-hydrogen) atoms. The second-order valence-electron chi connectivity index (χ2n) is 8.00. The number of benzene rings is 1. The van der Waals surface area contributed by atoms with Crippen molar-refractivity contribution in [3.63, 3.8) is 0 Å². The third-order valence-corrected chi connectivity index (χ3v) is 5.76. The number of ether oxygens (including phenoxy) is 3. The van der Waals surface area contributed by atoms with Crippen molar-refractivity contribution >= 4 is 23.9 Å². The Labute approximate surface area is 197 Å². The van der Waals surface area contributed by atoms with Gasteiger partial charge in [-0.15, -0.1) is 0 Å². The fraction of sp³-hybridized carbons (Fsp3) is 0.417. The summed E-state index contributed by atoms with van der Waals surface area (Å²) in [6.07, 6.45) is 5.30. The van der Waals surface area contributed by atoms with E-state index >= 15 is 0 Å². The molecule has 2 heterocycles. The molecule has 0 aliphatic carbocycles. The molecule has 0 saturated carbocycles. The maximum Gasteiger partial charge on any atom is 0.407 e. The third-order valence-electron chi connectivity index (χ3n) is 5.76. The number of imide groups is 1. The molecule has 2 N–H and O–H groups in total. The highest BCUT2D eigenvalue weighted by Gasteiger charge is 2.31. The number of phenols is 1. The Bertz CT molecular complexity index is 1060. The fourth-order valence-corrected chi connectivity index (χ4v) is 3.89. The van der Waals surface area contributed by atoms with Crippen LogP contribution in [0.1, 0.15) is 46.8 Å². The molecule has 10 nitrogen and oxygen atoms in total. The lowest BCUT2D eigenvalue weighted by atomic mass is 9.94. The molecule has 0 spiro atoms. The monoisotopic (exact) mass is 472 g/mol. The van der Waals surface area contributed by atoms with Crippen LogP contribution in [0.3, 0.4) is 0 Å². The van der Waals surface area contributed by atoms with E-state index in [0.29, 0.717) is 36.1 Å². The number of alkyl carbamates (subject to hydrolysis) is 1. The number of amides is 3. The molecule has 182 valence electrons. The summed E-state index contributed by atoms with van der Waals surface area (Å²) in [5.41, 5.74) is 3.17. The van der Waals surface area contributed by atoms with Crippen LogP contribution in [0.5, 0.6) is 11.5 Å². The number of nitrogens with one attached hydrogen (secondary N) is 1. The van der Waals surface area contributed by atoms with Crippen molar-refractivity contribution < 1.29 is 38.5 Å². The predicted octanol–water partition coefficient (Wildman–Crippen LogP) is 2.30. The zero-order valence-corrected chi connectivity index (χ0v) is 19.4. The molecule has 1 aromatic rings. The standard InChI is InChI=1S/C24H28N2O8/c1-14(5-4-12-33-24(31)25-10-11-26-18(27)8-9-19(26)28)6-7-16-21(29)20-17(13-34-23(20)30)15(2)22(16)32-3/h6,8-9,29H,4-5,7,10-13H2,1-3H3,(H,25,31). The molecule has 10 heteroatoms. The minimum Gasteiger partial charge on any atom is -0.507 e. The lowest BCUT2D eigenvalue weighted by Crippen LogP contribution is -2.38. The molecule has 0 saturated heterocycles. The molecule has 0 fully saturated rings. The van der Waals surface area contributed by atoms with Gasteiger partial charge in [0.15, 0.2) is 0 Å². The molecular formula is C24H28N2O8. The van der Waals surface area contributed by atoms with E-state index in [1.54, 1.807) is 0 Å². The van der Waals surface area contributed by atoms with Crippen LogP contribution >= 0.6 is 0 Å². The van der Waals surface area contributed by atoms with Gasteiger partial charge in [-0.2, -0.15) is 0 Å². The van der Waals surface area contributed by atoms with Crippen molar-refractivity contribution in [3.8, 4) is 11.5 Å². The van der Waals surface area contributed by atoms with E-state index in [1.807, 2.05) is 19.9 Å². The highest BCUT2D eigenvalue weighted by atomic mass is 16.5. The summed E-state index contributed by atoms with van der Waals surface area (Å²) < 4.78 is 15.7. The number of phenolic OH excluding ortho intramolecular Hbond substituents is 1. The molecule has 0 unspecified atom stereocenters. The van der Waals surface area contributed by atoms with Crippen LogP contribution in [-0.2, 0) is 32.1 Å². The van der Waals surface area contributed by atoms with Crippen molar-refractivity contribution in [3.05, 3.63) is 46.1 Å². The summed E-state index contributed by atoms with van der Waals surface area (Å²) in [7, 11) is 1.52. The Morgan fingerprint density at radius 2 is 1.97 bits per heavy atom. The van der Waals surface area contributed by atoms with Gasteiger partial charge in [0.25, 0.3) is 11.8 Å². The molecule has 2 aliphatic rings. The van der Waals surface area contributed by atoms with Gasteiger partial charge in [0.2, 0.25) is 0 Å². The average Bonchev–Trinajstić information content (AvgIpc) is 3.35. The normalized spacial score (nSPS) is 15.0. The molecule has 0 bridgehead atoms. The van der Waals surface area contributed by atoms with Crippen LogP contribution in [0.4, 0.5) is 4.79 Å².